The summed E-state index contributed by atoms with van der Waals surface area (Å²) in [7, 11) is 0. The van der Waals surface area contributed by atoms with E-state index in [-0.39, 0.29) is 6.42 Å². The van der Waals surface area contributed by atoms with E-state index in [1.54, 1.807) is 0 Å². The Morgan fingerprint density at radius 3 is 2.87 bits per heavy atom. The molecule has 0 amide bonds. The Morgan fingerprint density at radius 1 is 1.17 bits per heavy atom. The SMILES string of the molecule is CCN1CCCc2cc3c(cc21)Oc1cc2c(cc1=N3)CCC[N+]=2CCCC(=O)[O-]. The van der Waals surface area contributed by atoms with Crippen LogP contribution in [0.4, 0.5) is 11.4 Å². The van der Waals surface area contributed by atoms with Gasteiger partial charge in [0.1, 0.15) is 24.1 Å². The molecule has 30 heavy (non-hydrogen) atoms. The summed E-state index contributed by atoms with van der Waals surface area (Å²) < 4.78 is 8.61. The Kier molecular flexibility index (Phi) is 4.93. The molecule has 156 valence electrons. The molecule has 2 aromatic rings. The molecule has 0 atom stereocenters. The van der Waals surface area contributed by atoms with Crippen molar-refractivity contribution in [1.29, 1.82) is 0 Å². The number of fused-ring (bicyclic) bond motifs is 4. The molecular weight excluding hydrogens is 378 g/mol. The van der Waals surface area contributed by atoms with Crippen LogP contribution in [0.15, 0.2) is 29.3 Å². The Hall–Kier alpha value is -2.89. The fraction of sp³-hybridized carbons (Fsp3) is 0.458. The highest BCUT2D eigenvalue weighted by molar-refractivity contribution is 5.69. The number of rotatable bonds is 5. The first kappa shape index (κ1) is 19.1. The molecule has 0 radical (unpaired) electrons. The fourth-order valence-corrected chi connectivity index (χ4v) is 4.91. The molecule has 0 fully saturated rings. The highest BCUT2D eigenvalue weighted by Crippen LogP contribution is 2.41. The topological polar surface area (TPSA) is 68.0 Å². The van der Waals surface area contributed by atoms with E-state index in [2.05, 4.69) is 40.7 Å². The van der Waals surface area contributed by atoms with Crippen molar-refractivity contribution in [3.63, 3.8) is 0 Å². The Labute approximate surface area is 176 Å². The predicted molar refractivity (Wildman–Crippen MR) is 113 cm³/mol. The molecule has 3 heterocycles. The second kappa shape index (κ2) is 7.74. The number of carboxylic acid groups (broad SMARTS) is 1. The maximum absolute atomic E-state index is 10.8. The van der Waals surface area contributed by atoms with Gasteiger partial charge in [-0.2, -0.15) is 0 Å². The van der Waals surface area contributed by atoms with Crippen molar-refractivity contribution in [2.75, 3.05) is 31.1 Å². The molecule has 0 spiro atoms. The largest absolute Gasteiger partial charge is 0.550 e. The molecule has 0 aromatic heterocycles. The number of carbonyl (C=O) groups excluding carboxylic acids is 1. The molecule has 0 saturated heterocycles. The standard InChI is InChI=1S/C24H27N3O3/c1-2-26-9-3-6-16-12-18-22(14-20(16)26)30-23-15-21-17(13-19(23)25-18)7-4-10-27(21)11-5-8-24(28)29/h12-15H,2-11H2,1H3. The molecule has 0 aliphatic carbocycles. The predicted octanol–water partition coefficient (Wildman–Crippen LogP) is 1.48. The molecule has 2 aromatic carbocycles. The van der Waals surface area contributed by atoms with Crippen LogP contribution in [0, 0.1) is 0 Å². The van der Waals surface area contributed by atoms with E-state index in [1.165, 1.54) is 23.2 Å². The minimum Gasteiger partial charge on any atom is -0.550 e. The number of ether oxygens (including phenoxy) is 1. The molecule has 0 saturated carbocycles. The number of anilines is 1. The summed E-state index contributed by atoms with van der Waals surface area (Å²) >= 11 is 0. The average Bonchev–Trinajstić information content (AvgIpc) is 2.74. The van der Waals surface area contributed by atoms with Crippen molar-refractivity contribution < 1.29 is 14.6 Å². The summed E-state index contributed by atoms with van der Waals surface area (Å²) in [5.41, 5.74) is 4.80. The number of aryl methyl sites for hydroxylation is 2. The summed E-state index contributed by atoms with van der Waals surface area (Å²) in [6.07, 6.45) is 5.03. The third-order valence-electron chi connectivity index (χ3n) is 6.40. The number of carboxylic acids is 1. The van der Waals surface area contributed by atoms with Gasteiger partial charge in [-0.15, -0.1) is 0 Å². The third-order valence-corrected chi connectivity index (χ3v) is 6.40. The van der Waals surface area contributed by atoms with E-state index in [4.69, 9.17) is 9.73 Å². The average molecular weight is 405 g/mol. The minimum absolute atomic E-state index is 0.0923. The highest BCUT2D eigenvalue weighted by Gasteiger charge is 2.24. The fourth-order valence-electron chi connectivity index (χ4n) is 4.91. The first-order chi connectivity index (χ1) is 14.6. The van der Waals surface area contributed by atoms with Gasteiger partial charge in [0.25, 0.3) is 0 Å². The normalized spacial score (nSPS) is 16.6. The molecule has 3 aliphatic rings. The monoisotopic (exact) mass is 405 g/mol. The summed E-state index contributed by atoms with van der Waals surface area (Å²) in [5, 5.41) is 12.8. The third kappa shape index (κ3) is 3.44. The molecule has 5 rings (SSSR count). The highest BCUT2D eigenvalue weighted by atomic mass is 16.5. The zero-order chi connectivity index (χ0) is 20.7. The zero-order valence-electron chi connectivity index (χ0n) is 17.4. The number of nitrogens with zero attached hydrogens (tertiary/aromatic N) is 3. The quantitative estimate of drug-likeness (QED) is 0.603. The van der Waals surface area contributed by atoms with E-state index in [9.17, 15) is 9.90 Å². The molecule has 6 nitrogen and oxygen atoms in total. The van der Waals surface area contributed by atoms with Crippen LogP contribution in [0.1, 0.15) is 43.7 Å². The lowest BCUT2D eigenvalue weighted by molar-refractivity contribution is -0.305. The molecule has 0 bridgehead atoms. The van der Waals surface area contributed by atoms with Crippen molar-refractivity contribution >= 4 is 17.3 Å². The van der Waals surface area contributed by atoms with Crippen LogP contribution in [0.3, 0.4) is 0 Å². The summed E-state index contributed by atoms with van der Waals surface area (Å²) in [4.78, 5) is 18.1. The second-order valence-corrected chi connectivity index (χ2v) is 8.36. The molecule has 6 heteroatoms. The molecule has 0 unspecified atom stereocenters. The number of carbonyl (C=O) groups is 1. The molecule has 0 N–H and O–H groups in total. The van der Waals surface area contributed by atoms with Crippen LogP contribution in [0.25, 0.3) is 0 Å². The van der Waals surface area contributed by atoms with Gasteiger partial charge >= 0.3 is 0 Å². The lowest BCUT2D eigenvalue weighted by atomic mass is 10.00. The van der Waals surface area contributed by atoms with Crippen LogP contribution < -0.4 is 30.0 Å². The van der Waals surface area contributed by atoms with Crippen molar-refractivity contribution in [3.05, 3.63) is 46.1 Å². The number of benzene rings is 2. The summed E-state index contributed by atoms with van der Waals surface area (Å²) in [5.74, 6) is 0.619. The van der Waals surface area contributed by atoms with Gasteiger partial charge in [-0.05, 0) is 50.3 Å². The zero-order valence-corrected chi connectivity index (χ0v) is 17.4. The first-order valence-electron chi connectivity index (χ1n) is 11.1. The number of hydrogen-bond donors (Lipinski definition) is 0. The van der Waals surface area contributed by atoms with E-state index in [0.29, 0.717) is 13.0 Å². The minimum atomic E-state index is -0.985. The van der Waals surface area contributed by atoms with Crippen molar-refractivity contribution in [3.8, 4) is 11.5 Å². The van der Waals surface area contributed by atoms with E-state index in [0.717, 1.165) is 66.8 Å². The van der Waals surface area contributed by atoms with Crippen molar-refractivity contribution in [2.45, 2.75) is 45.4 Å². The van der Waals surface area contributed by atoms with Gasteiger partial charge in [-0.3, -0.25) is 0 Å². The first-order valence-corrected chi connectivity index (χ1v) is 11.1. The van der Waals surface area contributed by atoms with Gasteiger partial charge in [0.2, 0.25) is 5.36 Å². The molecule has 3 aliphatic heterocycles. The lowest BCUT2D eigenvalue weighted by Crippen LogP contribution is -2.39. The van der Waals surface area contributed by atoms with Crippen LogP contribution in [-0.2, 0) is 17.6 Å². The van der Waals surface area contributed by atoms with Gasteiger partial charge in [-0.25, -0.2) is 9.57 Å². The van der Waals surface area contributed by atoms with Gasteiger partial charge in [-0.1, -0.05) is 0 Å². The van der Waals surface area contributed by atoms with Gasteiger partial charge in [0.05, 0.1) is 6.07 Å². The van der Waals surface area contributed by atoms with E-state index < -0.39 is 5.97 Å². The van der Waals surface area contributed by atoms with E-state index in [1.807, 2.05) is 0 Å². The maximum atomic E-state index is 10.8. The second-order valence-electron chi connectivity index (χ2n) is 8.36. The van der Waals surface area contributed by atoms with Crippen LogP contribution in [-0.4, -0.2) is 32.1 Å². The Bertz CT molecular complexity index is 1140. The lowest BCUT2D eigenvalue weighted by Gasteiger charge is -2.31. The Balaban J connectivity index is 1.55. The smallest absolute Gasteiger partial charge is 0.207 e. The van der Waals surface area contributed by atoms with Gasteiger partial charge in [0, 0.05) is 49.2 Å². The van der Waals surface area contributed by atoms with Crippen molar-refractivity contribution in [1.82, 2.24) is 4.58 Å². The Morgan fingerprint density at radius 2 is 2.03 bits per heavy atom. The number of aliphatic carboxylic acids is 1. The summed E-state index contributed by atoms with van der Waals surface area (Å²) in [6, 6.07) is 8.58. The maximum Gasteiger partial charge on any atom is 0.207 e. The summed E-state index contributed by atoms with van der Waals surface area (Å²) in [6.45, 7) is 5.92. The van der Waals surface area contributed by atoms with Gasteiger partial charge < -0.3 is 19.5 Å². The van der Waals surface area contributed by atoms with Crippen LogP contribution >= 0.6 is 0 Å². The molecular formula is C24H27N3O3. The van der Waals surface area contributed by atoms with Crippen molar-refractivity contribution in [2.24, 2.45) is 4.99 Å². The van der Waals surface area contributed by atoms with Crippen LogP contribution in [0.2, 0.25) is 0 Å². The van der Waals surface area contributed by atoms with Gasteiger partial charge in [0.15, 0.2) is 11.5 Å². The van der Waals surface area contributed by atoms with Crippen LogP contribution in [0.5, 0.6) is 11.5 Å². The number of hydrogen-bond acceptors (Lipinski definition) is 5. The van der Waals surface area contributed by atoms with E-state index >= 15 is 0 Å².